The normalized spacial score (nSPS) is 33.0. The van der Waals surface area contributed by atoms with Crippen molar-refractivity contribution in [2.45, 2.75) is 38.2 Å². The van der Waals surface area contributed by atoms with Crippen LogP contribution >= 0.6 is 21.6 Å². The van der Waals surface area contributed by atoms with Gasteiger partial charge in [-0.15, -0.1) is 0 Å². The Kier molecular flexibility index (Phi) is 2.99. The SMILES string of the molecule is CC(C)C1SSC1C(C)C. The Labute approximate surface area is 71.9 Å². The van der Waals surface area contributed by atoms with Gasteiger partial charge in [0.2, 0.25) is 0 Å². The van der Waals surface area contributed by atoms with Crippen LogP contribution in [-0.2, 0) is 0 Å². The fourth-order valence-electron chi connectivity index (χ4n) is 1.16. The van der Waals surface area contributed by atoms with Gasteiger partial charge >= 0.3 is 0 Å². The van der Waals surface area contributed by atoms with E-state index in [-0.39, 0.29) is 0 Å². The molecule has 2 heteroatoms. The van der Waals surface area contributed by atoms with E-state index in [1.807, 2.05) is 0 Å². The van der Waals surface area contributed by atoms with Crippen LogP contribution in [0.1, 0.15) is 27.7 Å². The zero-order valence-electron chi connectivity index (χ0n) is 7.13. The Morgan fingerprint density at radius 3 is 1.20 bits per heavy atom. The van der Waals surface area contributed by atoms with Crippen molar-refractivity contribution in [2.75, 3.05) is 0 Å². The molecule has 0 aliphatic carbocycles. The third-order valence-corrected chi connectivity index (χ3v) is 5.99. The Bertz CT molecular complexity index is 95.8. The number of rotatable bonds is 2. The molecule has 0 N–H and O–H groups in total. The van der Waals surface area contributed by atoms with E-state index in [0.717, 1.165) is 22.3 Å². The van der Waals surface area contributed by atoms with E-state index >= 15 is 0 Å². The minimum absolute atomic E-state index is 0.860. The topological polar surface area (TPSA) is 0 Å². The second kappa shape index (κ2) is 3.40. The monoisotopic (exact) mass is 176 g/mol. The molecule has 60 valence electrons. The van der Waals surface area contributed by atoms with Crippen LogP contribution in [0.5, 0.6) is 0 Å². The molecule has 0 aromatic heterocycles. The van der Waals surface area contributed by atoms with Crippen molar-refractivity contribution in [3.05, 3.63) is 0 Å². The van der Waals surface area contributed by atoms with Crippen LogP contribution in [0, 0.1) is 11.8 Å². The summed E-state index contributed by atoms with van der Waals surface area (Å²) in [5, 5.41) is 1.84. The van der Waals surface area contributed by atoms with Gasteiger partial charge in [-0.05, 0) is 11.8 Å². The Hall–Kier alpha value is 0.700. The third-order valence-electron chi connectivity index (χ3n) is 1.92. The van der Waals surface area contributed by atoms with Gasteiger partial charge in [0.1, 0.15) is 0 Å². The zero-order valence-corrected chi connectivity index (χ0v) is 8.76. The van der Waals surface area contributed by atoms with E-state index < -0.39 is 0 Å². The van der Waals surface area contributed by atoms with Crippen molar-refractivity contribution in [1.29, 1.82) is 0 Å². The molecular formula is C8H16S2. The number of hydrogen-bond acceptors (Lipinski definition) is 2. The summed E-state index contributed by atoms with van der Waals surface area (Å²) < 4.78 is 0. The molecule has 1 aliphatic rings. The molecule has 0 radical (unpaired) electrons. The zero-order chi connectivity index (χ0) is 7.72. The second-order valence-corrected chi connectivity index (χ2v) is 6.24. The lowest BCUT2D eigenvalue weighted by atomic mass is 9.99. The van der Waals surface area contributed by atoms with Crippen LogP contribution in [0.15, 0.2) is 0 Å². The molecule has 0 aromatic rings. The van der Waals surface area contributed by atoms with E-state index in [2.05, 4.69) is 49.3 Å². The van der Waals surface area contributed by atoms with Gasteiger partial charge < -0.3 is 0 Å². The maximum absolute atomic E-state index is 2.33. The van der Waals surface area contributed by atoms with Crippen LogP contribution in [-0.4, -0.2) is 10.5 Å². The lowest BCUT2D eigenvalue weighted by Gasteiger charge is -2.40. The lowest BCUT2D eigenvalue weighted by molar-refractivity contribution is 0.500. The van der Waals surface area contributed by atoms with E-state index in [1.54, 1.807) is 0 Å². The Morgan fingerprint density at radius 1 is 0.800 bits per heavy atom. The van der Waals surface area contributed by atoms with Crippen LogP contribution in [0.4, 0.5) is 0 Å². The van der Waals surface area contributed by atoms with Crippen molar-refractivity contribution in [2.24, 2.45) is 11.8 Å². The van der Waals surface area contributed by atoms with Gasteiger partial charge in [0, 0.05) is 10.5 Å². The first-order valence-electron chi connectivity index (χ1n) is 3.95. The third kappa shape index (κ3) is 1.65. The highest BCUT2D eigenvalue weighted by molar-refractivity contribution is 8.80. The second-order valence-electron chi connectivity index (χ2n) is 3.61. The quantitative estimate of drug-likeness (QED) is 0.591. The summed E-state index contributed by atoms with van der Waals surface area (Å²) in [6, 6.07) is 0. The van der Waals surface area contributed by atoms with E-state index in [4.69, 9.17) is 0 Å². The van der Waals surface area contributed by atoms with Gasteiger partial charge in [-0.3, -0.25) is 0 Å². The van der Waals surface area contributed by atoms with Gasteiger partial charge in [-0.25, -0.2) is 0 Å². The van der Waals surface area contributed by atoms with Gasteiger partial charge in [-0.1, -0.05) is 49.3 Å². The minimum atomic E-state index is 0.860. The smallest absolute Gasteiger partial charge is 0.0304 e. The summed E-state index contributed by atoms with van der Waals surface area (Å²) in [4.78, 5) is 0. The van der Waals surface area contributed by atoms with Gasteiger partial charge in [0.15, 0.2) is 0 Å². The summed E-state index contributed by atoms with van der Waals surface area (Å²) in [7, 11) is 4.13. The molecule has 0 bridgehead atoms. The molecule has 0 saturated carbocycles. The van der Waals surface area contributed by atoms with Crippen molar-refractivity contribution < 1.29 is 0 Å². The van der Waals surface area contributed by atoms with E-state index in [1.165, 1.54) is 0 Å². The van der Waals surface area contributed by atoms with Crippen LogP contribution < -0.4 is 0 Å². The molecule has 1 rings (SSSR count). The van der Waals surface area contributed by atoms with E-state index in [0.29, 0.717) is 0 Å². The highest BCUT2D eigenvalue weighted by atomic mass is 33.1. The molecule has 0 amide bonds. The Balaban J connectivity index is 2.36. The summed E-state index contributed by atoms with van der Waals surface area (Å²) >= 11 is 0. The molecule has 2 unspecified atom stereocenters. The highest BCUT2D eigenvalue weighted by Crippen LogP contribution is 2.53. The first kappa shape index (κ1) is 8.79. The lowest BCUT2D eigenvalue weighted by Crippen LogP contribution is -2.35. The largest absolute Gasteiger partial charge is 0.0889 e. The molecule has 2 atom stereocenters. The van der Waals surface area contributed by atoms with Gasteiger partial charge in [-0.2, -0.15) is 0 Å². The molecule has 1 saturated heterocycles. The summed E-state index contributed by atoms with van der Waals surface area (Å²) in [5.41, 5.74) is 0. The standard InChI is InChI=1S/C8H16S2/c1-5(2)7-8(6(3)4)10-9-7/h5-8H,1-4H3. The average molecular weight is 176 g/mol. The summed E-state index contributed by atoms with van der Waals surface area (Å²) in [6.45, 7) is 9.30. The molecule has 0 aromatic carbocycles. The maximum atomic E-state index is 2.33. The fraction of sp³-hybridized carbons (Fsp3) is 1.00. The molecule has 1 fully saturated rings. The summed E-state index contributed by atoms with van der Waals surface area (Å²) in [5.74, 6) is 1.72. The van der Waals surface area contributed by atoms with Crippen LogP contribution in [0.25, 0.3) is 0 Å². The number of hydrogen-bond donors (Lipinski definition) is 0. The maximum Gasteiger partial charge on any atom is 0.0304 e. The Morgan fingerprint density at radius 2 is 1.10 bits per heavy atom. The molecule has 1 heterocycles. The molecule has 0 spiro atoms. The average Bonchev–Trinajstić information content (AvgIpc) is 1.56. The van der Waals surface area contributed by atoms with Crippen molar-refractivity contribution in [1.82, 2.24) is 0 Å². The molecular weight excluding hydrogens is 160 g/mol. The first-order valence-corrected chi connectivity index (χ1v) is 6.22. The fourth-order valence-corrected chi connectivity index (χ4v) is 5.04. The summed E-state index contributed by atoms with van der Waals surface area (Å²) in [6.07, 6.45) is 0. The molecule has 1 aliphatic heterocycles. The van der Waals surface area contributed by atoms with Gasteiger partial charge in [0.25, 0.3) is 0 Å². The highest BCUT2D eigenvalue weighted by Gasteiger charge is 2.36. The molecule has 0 nitrogen and oxygen atoms in total. The van der Waals surface area contributed by atoms with Crippen LogP contribution in [0.3, 0.4) is 0 Å². The molecule has 10 heavy (non-hydrogen) atoms. The van der Waals surface area contributed by atoms with Crippen LogP contribution in [0.2, 0.25) is 0 Å². The minimum Gasteiger partial charge on any atom is -0.0889 e. The van der Waals surface area contributed by atoms with Crippen molar-refractivity contribution in [3.63, 3.8) is 0 Å². The van der Waals surface area contributed by atoms with Crippen molar-refractivity contribution >= 4 is 21.6 Å². The predicted molar refractivity (Wildman–Crippen MR) is 52.4 cm³/mol. The first-order chi connectivity index (χ1) is 4.63. The van der Waals surface area contributed by atoms with Crippen molar-refractivity contribution in [3.8, 4) is 0 Å². The predicted octanol–water partition coefficient (Wildman–Crippen LogP) is 3.43. The van der Waals surface area contributed by atoms with Gasteiger partial charge in [0.05, 0.1) is 0 Å². The van der Waals surface area contributed by atoms with E-state index in [9.17, 15) is 0 Å².